The Morgan fingerprint density at radius 2 is 1.88 bits per heavy atom. The molecule has 0 bridgehead atoms. The fourth-order valence-electron chi connectivity index (χ4n) is 4.65. The van der Waals surface area contributed by atoms with Crippen LogP contribution >= 0.6 is 0 Å². The van der Waals surface area contributed by atoms with Gasteiger partial charge < -0.3 is 9.64 Å². The van der Waals surface area contributed by atoms with Crippen molar-refractivity contribution in [2.24, 2.45) is 0 Å². The van der Waals surface area contributed by atoms with Crippen molar-refractivity contribution in [1.29, 1.82) is 0 Å². The summed E-state index contributed by atoms with van der Waals surface area (Å²) in [6, 6.07) is 7.88. The van der Waals surface area contributed by atoms with Crippen molar-refractivity contribution in [2.75, 3.05) is 23.5 Å². The van der Waals surface area contributed by atoms with E-state index in [0.717, 1.165) is 34.3 Å². The molecule has 0 aromatic heterocycles. The topological polar surface area (TPSA) is 79.0 Å². The Labute approximate surface area is 197 Å². The highest BCUT2D eigenvalue weighted by Gasteiger charge is 2.37. The Kier molecular flexibility index (Phi) is 5.77. The number of barbiturate groups is 1. The number of ether oxygens (including phenoxy) is 1. The van der Waals surface area contributed by atoms with Gasteiger partial charge in [-0.05, 0) is 63.6 Å². The van der Waals surface area contributed by atoms with Crippen LogP contribution < -0.4 is 19.9 Å². The van der Waals surface area contributed by atoms with Gasteiger partial charge in [-0.25, -0.2) is 14.1 Å². The molecule has 2 heterocycles. The first-order valence-corrected chi connectivity index (χ1v) is 10.9. The van der Waals surface area contributed by atoms with Crippen molar-refractivity contribution in [2.45, 2.75) is 33.2 Å². The van der Waals surface area contributed by atoms with Crippen molar-refractivity contribution >= 4 is 40.9 Å². The second kappa shape index (κ2) is 8.44. The van der Waals surface area contributed by atoms with Crippen molar-refractivity contribution in [1.82, 2.24) is 5.32 Å². The van der Waals surface area contributed by atoms with E-state index < -0.39 is 23.7 Å². The Balaban J connectivity index is 1.83. The SMILES string of the molecule is CCN1c2cc(OC)c(/C=C3/C(=O)NC(=O)N(c4cccc(F)c4)C3=O)cc2C(C)=CC1(C)C. The Bertz CT molecular complexity index is 1280. The Morgan fingerprint density at radius 1 is 1.15 bits per heavy atom. The first-order valence-electron chi connectivity index (χ1n) is 10.9. The zero-order valence-corrected chi connectivity index (χ0v) is 19.7. The molecule has 2 aliphatic heterocycles. The molecule has 0 spiro atoms. The van der Waals surface area contributed by atoms with Gasteiger partial charge in [0.15, 0.2) is 0 Å². The van der Waals surface area contributed by atoms with Crippen LogP contribution in [0.4, 0.5) is 20.6 Å². The second-order valence-electron chi connectivity index (χ2n) is 8.77. The number of imide groups is 2. The zero-order chi connectivity index (χ0) is 24.8. The van der Waals surface area contributed by atoms with Crippen LogP contribution in [0.1, 0.15) is 38.8 Å². The molecule has 1 N–H and O–H groups in total. The molecule has 2 aromatic carbocycles. The Morgan fingerprint density at radius 3 is 2.53 bits per heavy atom. The van der Waals surface area contributed by atoms with E-state index in [1.54, 1.807) is 0 Å². The van der Waals surface area contributed by atoms with E-state index in [9.17, 15) is 18.8 Å². The summed E-state index contributed by atoms with van der Waals surface area (Å²) in [6.07, 6.45) is 3.57. The van der Waals surface area contributed by atoms with Gasteiger partial charge in [-0.1, -0.05) is 12.1 Å². The number of likely N-dealkylation sites (N-methyl/N-ethyl adjacent to an activating group) is 1. The van der Waals surface area contributed by atoms with Crippen LogP contribution in [0.2, 0.25) is 0 Å². The maximum absolute atomic E-state index is 13.7. The second-order valence-corrected chi connectivity index (χ2v) is 8.77. The van der Waals surface area contributed by atoms with Crippen molar-refractivity contribution in [3.05, 3.63) is 65.0 Å². The molecule has 4 rings (SSSR count). The van der Waals surface area contributed by atoms with Crippen LogP contribution in [0.15, 0.2) is 48.0 Å². The fourth-order valence-corrected chi connectivity index (χ4v) is 4.65. The number of allylic oxidation sites excluding steroid dienone is 1. The molecule has 2 aromatic rings. The summed E-state index contributed by atoms with van der Waals surface area (Å²) in [5.41, 5.74) is 3.09. The fraction of sp³-hybridized carbons (Fsp3) is 0.269. The molecule has 0 radical (unpaired) electrons. The number of fused-ring (bicyclic) bond motifs is 1. The van der Waals surface area contributed by atoms with E-state index in [1.807, 2.05) is 19.1 Å². The number of hydrogen-bond acceptors (Lipinski definition) is 5. The number of carbonyl (C=O) groups is 3. The molecule has 7 nitrogen and oxygen atoms in total. The van der Waals surface area contributed by atoms with Crippen LogP contribution in [-0.2, 0) is 9.59 Å². The zero-order valence-electron chi connectivity index (χ0n) is 19.7. The van der Waals surface area contributed by atoms with Crippen molar-refractivity contribution in [3.8, 4) is 5.75 Å². The molecule has 1 saturated heterocycles. The van der Waals surface area contributed by atoms with Crippen LogP contribution in [-0.4, -0.2) is 37.0 Å². The van der Waals surface area contributed by atoms with Gasteiger partial charge in [0.05, 0.1) is 18.3 Å². The van der Waals surface area contributed by atoms with Gasteiger partial charge in [0, 0.05) is 29.4 Å². The molecule has 34 heavy (non-hydrogen) atoms. The molecule has 176 valence electrons. The summed E-state index contributed by atoms with van der Waals surface area (Å²) < 4.78 is 19.3. The van der Waals surface area contributed by atoms with Gasteiger partial charge in [0.25, 0.3) is 11.8 Å². The molecule has 0 atom stereocenters. The quantitative estimate of drug-likeness (QED) is 0.533. The third kappa shape index (κ3) is 3.85. The lowest BCUT2D eigenvalue weighted by atomic mass is 9.87. The normalized spacial score (nSPS) is 18.6. The predicted molar refractivity (Wildman–Crippen MR) is 129 cm³/mol. The van der Waals surface area contributed by atoms with Gasteiger partial charge >= 0.3 is 6.03 Å². The van der Waals surface area contributed by atoms with Crippen LogP contribution in [0.3, 0.4) is 0 Å². The number of rotatable bonds is 4. The van der Waals surface area contributed by atoms with Crippen LogP contribution in [0.25, 0.3) is 11.6 Å². The molecule has 2 aliphatic rings. The maximum atomic E-state index is 13.7. The van der Waals surface area contributed by atoms with Crippen LogP contribution in [0, 0.1) is 5.82 Å². The van der Waals surface area contributed by atoms with Gasteiger partial charge in [-0.3, -0.25) is 14.9 Å². The predicted octanol–water partition coefficient (Wildman–Crippen LogP) is 4.52. The summed E-state index contributed by atoms with van der Waals surface area (Å²) in [5, 5.41) is 2.16. The summed E-state index contributed by atoms with van der Waals surface area (Å²) in [4.78, 5) is 41.2. The van der Waals surface area contributed by atoms with E-state index in [1.165, 1.54) is 31.4 Å². The molecule has 8 heteroatoms. The van der Waals surface area contributed by atoms with Crippen LogP contribution in [0.5, 0.6) is 5.75 Å². The van der Waals surface area contributed by atoms with Gasteiger partial charge in [0.1, 0.15) is 17.1 Å². The summed E-state index contributed by atoms with van der Waals surface area (Å²) in [5.74, 6) is -1.80. The smallest absolute Gasteiger partial charge is 0.335 e. The first-order chi connectivity index (χ1) is 16.1. The standard InChI is InChI=1S/C26H26FN3O4/c1-6-29-21-13-22(34-5)16(10-19(21)15(2)14-26(29,3)4)11-20-23(31)28-25(33)30(24(20)32)18-9-7-8-17(27)12-18/h7-14H,6H2,1-5H3,(H,28,31,33)/b20-11-. The largest absolute Gasteiger partial charge is 0.496 e. The number of urea groups is 1. The minimum atomic E-state index is -0.935. The van der Waals surface area contributed by atoms with Crippen molar-refractivity contribution < 1.29 is 23.5 Å². The number of nitrogens with one attached hydrogen (secondary N) is 1. The van der Waals surface area contributed by atoms with E-state index in [2.05, 4.69) is 37.1 Å². The molecule has 0 saturated carbocycles. The number of nitrogens with zero attached hydrogens (tertiary/aromatic N) is 2. The number of halogens is 1. The highest BCUT2D eigenvalue weighted by atomic mass is 19.1. The number of methoxy groups -OCH3 is 1. The molecule has 4 amide bonds. The number of hydrogen-bond donors (Lipinski definition) is 1. The molecule has 1 fully saturated rings. The lowest BCUT2D eigenvalue weighted by molar-refractivity contribution is -0.122. The van der Waals surface area contributed by atoms with E-state index in [0.29, 0.717) is 11.3 Å². The number of benzene rings is 2. The van der Waals surface area contributed by atoms with E-state index >= 15 is 0 Å². The third-order valence-corrected chi connectivity index (χ3v) is 6.11. The van der Waals surface area contributed by atoms with Gasteiger partial charge in [0.2, 0.25) is 0 Å². The number of anilines is 2. The first kappa shape index (κ1) is 23.2. The molecular weight excluding hydrogens is 437 g/mol. The van der Waals surface area contributed by atoms with Gasteiger partial charge in [-0.15, -0.1) is 0 Å². The highest BCUT2D eigenvalue weighted by molar-refractivity contribution is 6.39. The minimum Gasteiger partial charge on any atom is -0.496 e. The van der Waals surface area contributed by atoms with E-state index in [4.69, 9.17) is 4.74 Å². The average Bonchev–Trinajstić information content (AvgIpc) is 2.76. The molecular formula is C26H26FN3O4. The molecule has 0 aliphatic carbocycles. The molecule has 0 unspecified atom stereocenters. The maximum Gasteiger partial charge on any atom is 0.335 e. The summed E-state index contributed by atoms with van der Waals surface area (Å²) >= 11 is 0. The Hall–Kier alpha value is -3.94. The summed E-state index contributed by atoms with van der Waals surface area (Å²) in [6.45, 7) is 9.13. The number of carbonyl (C=O) groups excluding carboxylic acids is 3. The lowest BCUT2D eigenvalue weighted by Crippen LogP contribution is -2.54. The van der Waals surface area contributed by atoms with Crippen molar-refractivity contribution in [3.63, 3.8) is 0 Å². The summed E-state index contributed by atoms with van der Waals surface area (Å²) in [7, 11) is 1.52. The highest BCUT2D eigenvalue weighted by Crippen LogP contribution is 2.42. The minimum absolute atomic E-state index is 0.0258. The third-order valence-electron chi connectivity index (χ3n) is 6.11. The lowest BCUT2D eigenvalue weighted by Gasteiger charge is -2.43. The average molecular weight is 464 g/mol. The number of amides is 4. The van der Waals surface area contributed by atoms with Gasteiger partial charge in [-0.2, -0.15) is 0 Å². The monoisotopic (exact) mass is 463 g/mol. The van der Waals surface area contributed by atoms with E-state index in [-0.39, 0.29) is 16.8 Å².